The van der Waals surface area contributed by atoms with E-state index >= 15 is 0 Å². The molecule has 1 aliphatic carbocycles. The summed E-state index contributed by atoms with van der Waals surface area (Å²) in [7, 11) is 0. The molecule has 0 aliphatic heterocycles. The zero-order valence-corrected chi connectivity index (χ0v) is 10.9. The molecule has 0 amide bonds. The van der Waals surface area contributed by atoms with Crippen LogP contribution in [0.25, 0.3) is 0 Å². The fourth-order valence-corrected chi connectivity index (χ4v) is 2.54. The van der Waals surface area contributed by atoms with Crippen LogP contribution in [-0.2, 0) is 0 Å². The molecule has 0 radical (unpaired) electrons. The van der Waals surface area contributed by atoms with Crippen LogP contribution in [0.3, 0.4) is 0 Å². The zero-order chi connectivity index (χ0) is 12.4. The summed E-state index contributed by atoms with van der Waals surface area (Å²) in [4.78, 5) is 12.4. The van der Waals surface area contributed by atoms with Crippen molar-refractivity contribution < 1.29 is 4.79 Å². The van der Waals surface area contributed by atoms with Gasteiger partial charge in [0.05, 0.1) is 11.4 Å². The molecule has 2 rings (SSSR count). The number of ketones is 1. The summed E-state index contributed by atoms with van der Waals surface area (Å²) in [5.41, 5.74) is 2.36. The number of hydrogen-bond acceptors (Lipinski definition) is 3. The molecule has 3 heteroatoms. The van der Waals surface area contributed by atoms with Gasteiger partial charge in [-0.05, 0) is 38.7 Å². The third kappa shape index (κ3) is 2.71. The van der Waals surface area contributed by atoms with Crippen LogP contribution in [0.4, 0.5) is 0 Å². The Bertz CT molecular complexity index is 420. The van der Waals surface area contributed by atoms with Gasteiger partial charge in [-0.25, -0.2) is 0 Å². The Morgan fingerprint density at radius 1 is 1.18 bits per heavy atom. The van der Waals surface area contributed by atoms with Crippen LogP contribution in [0.2, 0.25) is 0 Å². The lowest BCUT2D eigenvalue weighted by Gasteiger charge is -2.25. The van der Waals surface area contributed by atoms with Crippen molar-refractivity contribution in [1.29, 1.82) is 0 Å². The molecule has 17 heavy (non-hydrogen) atoms. The number of carbonyl (C=O) groups excluding carboxylic acids is 1. The predicted molar refractivity (Wildman–Crippen MR) is 67.0 cm³/mol. The normalized spacial score (nSPS) is 24.6. The number of rotatable bonds is 2. The quantitative estimate of drug-likeness (QED) is 0.736. The van der Waals surface area contributed by atoms with Gasteiger partial charge in [0.15, 0.2) is 5.78 Å². The molecule has 0 aromatic carbocycles. The molecule has 1 heterocycles. The molecule has 1 fully saturated rings. The number of nitrogens with zero attached hydrogens (tertiary/aromatic N) is 2. The second-order valence-corrected chi connectivity index (χ2v) is 5.31. The summed E-state index contributed by atoms with van der Waals surface area (Å²) in [6, 6.07) is 1.88. The van der Waals surface area contributed by atoms with Gasteiger partial charge in [0.2, 0.25) is 0 Å². The van der Waals surface area contributed by atoms with Gasteiger partial charge in [0.25, 0.3) is 0 Å². The van der Waals surface area contributed by atoms with Crippen LogP contribution in [0.5, 0.6) is 0 Å². The summed E-state index contributed by atoms with van der Waals surface area (Å²) < 4.78 is 0. The van der Waals surface area contributed by atoms with Gasteiger partial charge >= 0.3 is 0 Å². The number of hydrogen-bond donors (Lipinski definition) is 0. The summed E-state index contributed by atoms with van der Waals surface area (Å²) in [6.45, 7) is 6.02. The molecule has 1 saturated carbocycles. The molecule has 1 aliphatic rings. The van der Waals surface area contributed by atoms with Gasteiger partial charge in [-0.15, -0.1) is 0 Å². The van der Waals surface area contributed by atoms with E-state index in [0.29, 0.717) is 0 Å². The molecule has 92 valence electrons. The molecule has 0 atom stereocenters. The summed E-state index contributed by atoms with van der Waals surface area (Å²) in [5.74, 6) is 1.25. The van der Waals surface area contributed by atoms with Crippen molar-refractivity contribution in [3.8, 4) is 0 Å². The third-order valence-electron chi connectivity index (χ3n) is 3.75. The van der Waals surface area contributed by atoms with Gasteiger partial charge < -0.3 is 0 Å². The smallest absolute Gasteiger partial charge is 0.167 e. The van der Waals surface area contributed by atoms with Gasteiger partial charge in [0.1, 0.15) is 0 Å². The average molecular weight is 232 g/mol. The molecule has 1 aromatic rings. The molecule has 0 unspecified atom stereocenters. The van der Waals surface area contributed by atoms with Crippen LogP contribution in [0.1, 0.15) is 54.4 Å². The van der Waals surface area contributed by atoms with Crippen LogP contribution in [0, 0.1) is 25.7 Å². The van der Waals surface area contributed by atoms with Crippen LogP contribution >= 0.6 is 0 Å². The lowest BCUT2D eigenvalue weighted by atomic mass is 9.79. The van der Waals surface area contributed by atoms with Crippen molar-refractivity contribution in [2.75, 3.05) is 0 Å². The van der Waals surface area contributed by atoms with Crippen molar-refractivity contribution in [3.05, 3.63) is 23.0 Å². The van der Waals surface area contributed by atoms with E-state index in [2.05, 4.69) is 17.1 Å². The first-order chi connectivity index (χ1) is 8.08. The van der Waals surface area contributed by atoms with E-state index in [1.807, 2.05) is 19.9 Å². The van der Waals surface area contributed by atoms with E-state index in [1.165, 1.54) is 12.8 Å². The molecule has 0 spiro atoms. The molecule has 1 aromatic heterocycles. The Balaban J connectivity index is 2.16. The van der Waals surface area contributed by atoms with E-state index in [0.717, 1.165) is 35.7 Å². The highest BCUT2D eigenvalue weighted by Crippen LogP contribution is 2.31. The molecule has 0 saturated heterocycles. The van der Waals surface area contributed by atoms with Gasteiger partial charge in [-0.2, -0.15) is 10.2 Å². The largest absolute Gasteiger partial charge is 0.294 e. The molecular weight excluding hydrogens is 212 g/mol. The number of carbonyl (C=O) groups is 1. The highest BCUT2D eigenvalue weighted by Gasteiger charge is 2.26. The summed E-state index contributed by atoms with van der Waals surface area (Å²) >= 11 is 0. The van der Waals surface area contributed by atoms with Gasteiger partial charge in [0, 0.05) is 11.5 Å². The number of Topliss-reactive ketones (excluding diaryl/α,β-unsaturated/α-hetero) is 1. The van der Waals surface area contributed by atoms with Crippen LogP contribution < -0.4 is 0 Å². The van der Waals surface area contributed by atoms with Crippen molar-refractivity contribution >= 4 is 5.78 Å². The summed E-state index contributed by atoms with van der Waals surface area (Å²) in [6.07, 6.45) is 4.40. The van der Waals surface area contributed by atoms with E-state index < -0.39 is 0 Å². The van der Waals surface area contributed by atoms with E-state index in [-0.39, 0.29) is 11.7 Å². The highest BCUT2D eigenvalue weighted by atomic mass is 16.1. The second kappa shape index (κ2) is 4.94. The van der Waals surface area contributed by atoms with Crippen molar-refractivity contribution in [2.45, 2.75) is 46.5 Å². The fraction of sp³-hybridized carbons (Fsp3) is 0.643. The SMILES string of the molecule is Cc1cc(C(=O)C2CCC(C)CC2)c(C)nn1. The van der Waals surface area contributed by atoms with Crippen molar-refractivity contribution in [1.82, 2.24) is 10.2 Å². The first-order valence-corrected chi connectivity index (χ1v) is 6.43. The topological polar surface area (TPSA) is 42.9 Å². The lowest BCUT2D eigenvalue weighted by Crippen LogP contribution is -2.22. The molecule has 0 N–H and O–H groups in total. The third-order valence-corrected chi connectivity index (χ3v) is 3.75. The summed E-state index contributed by atoms with van der Waals surface area (Å²) in [5, 5.41) is 8.02. The average Bonchev–Trinajstić information content (AvgIpc) is 2.32. The van der Waals surface area contributed by atoms with Crippen molar-refractivity contribution in [3.63, 3.8) is 0 Å². The zero-order valence-electron chi connectivity index (χ0n) is 10.9. The Morgan fingerprint density at radius 3 is 2.47 bits per heavy atom. The molecule has 0 bridgehead atoms. The minimum atomic E-state index is 0.202. The second-order valence-electron chi connectivity index (χ2n) is 5.31. The Morgan fingerprint density at radius 2 is 1.82 bits per heavy atom. The van der Waals surface area contributed by atoms with Crippen molar-refractivity contribution in [2.24, 2.45) is 11.8 Å². The minimum Gasteiger partial charge on any atom is -0.294 e. The van der Waals surface area contributed by atoms with Crippen LogP contribution in [-0.4, -0.2) is 16.0 Å². The Hall–Kier alpha value is -1.25. The van der Waals surface area contributed by atoms with E-state index in [9.17, 15) is 4.79 Å². The van der Waals surface area contributed by atoms with E-state index in [1.54, 1.807) is 0 Å². The molecular formula is C14H20N2O. The standard InChI is InChI=1S/C14H20N2O/c1-9-4-6-12(7-5-9)14(17)13-8-10(2)15-16-11(13)3/h8-9,12H,4-7H2,1-3H3. The Kier molecular flexibility index (Phi) is 3.55. The molecule has 3 nitrogen and oxygen atoms in total. The van der Waals surface area contributed by atoms with E-state index in [4.69, 9.17) is 0 Å². The predicted octanol–water partition coefficient (Wildman–Crippen LogP) is 3.10. The van der Waals surface area contributed by atoms with Gasteiger partial charge in [-0.1, -0.05) is 19.8 Å². The number of aromatic nitrogens is 2. The maximum absolute atomic E-state index is 12.4. The first kappa shape index (κ1) is 12.2. The number of aryl methyl sites for hydroxylation is 2. The lowest BCUT2D eigenvalue weighted by molar-refractivity contribution is 0.0874. The van der Waals surface area contributed by atoms with Crippen LogP contribution in [0.15, 0.2) is 6.07 Å². The first-order valence-electron chi connectivity index (χ1n) is 6.43. The monoisotopic (exact) mass is 232 g/mol. The maximum Gasteiger partial charge on any atom is 0.167 e. The highest BCUT2D eigenvalue weighted by molar-refractivity contribution is 5.98. The van der Waals surface area contributed by atoms with Gasteiger partial charge in [-0.3, -0.25) is 4.79 Å². The Labute approximate surface area is 103 Å². The maximum atomic E-state index is 12.4. The fourth-order valence-electron chi connectivity index (χ4n) is 2.54. The minimum absolute atomic E-state index is 0.202.